The van der Waals surface area contributed by atoms with Crippen LogP contribution in [-0.4, -0.2) is 17.6 Å². The number of carbonyl (C=O) groups is 1. The highest BCUT2D eigenvalue weighted by Gasteiger charge is 2.10. The molecular weight excluding hydrogens is 222 g/mol. The van der Waals surface area contributed by atoms with Gasteiger partial charge in [0.2, 0.25) is 0 Å². The number of carbonyl (C=O) groups excluding carboxylic acids is 1. The van der Waals surface area contributed by atoms with Crippen LogP contribution in [0.5, 0.6) is 0 Å². The molecule has 3 nitrogen and oxygen atoms in total. The number of hydrogen-bond acceptors (Lipinski definition) is 3. The van der Waals surface area contributed by atoms with Crippen LogP contribution in [0.4, 0.5) is 0 Å². The van der Waals surface area contributed by atoms with Gasteiger partial charge in [-0.1, -0.05) is 6.07 Å². The summed E-state index contributed by atoms with van der Waals surface area (Å²) in [6, 6.07) is 5.89. The zero-order valence-corrected chi connectivity index (χ0v) is 10.1. The molecule has 0 fully saturated rings. The molecule has 1 aromatic heterocycles. The Morgan fingerprint density at radius 1 is 1.50 bits per heavy atom. The molecule has 0 saturated heterocycles. The number of thiol groups is 1. The van der Waals surface area contributed by atoms with Crippen LogP contribution in [0.2, 0.25) is 0 Å². The Labute approximate surface area is 99.4 Å². The summed E-state index contributed by atoms with van der Waals surface area (Å²) in [6.45, 7) is 0. The maximum absolute atomic E-state index is 11.3. The summed E-state index contributed by atoms with van der Waals surface area (Å²) < 4.78 is 6.67. The fourth-order valence-electron chi connectivity index (χ4n) is 1.82. The molecule has 0 atom stereocenters. The summed E-state index contributed by atoms with van der Waals surface area (Å²) in [6.07, 6.45) is 2.26. The Bertz CT molecular complexity index is 545. The lowest BCUT2D eigenvalue weighted by Gasteiger charge is -1.98. The molecule has 4 heteroatoms. The van der Waals surface area contributed by atoms with Crippen LogP contribution < -0.4 is 0 Å². The molecule has 0 amide bonds. The monoisotopic (exact) mass is 235 g/mol. The molecule has 0 N–H and O–H groups in total. The van der Waals surface area contributed by atoms with Crippen LogP contribution in [0.25, 0.3) is 10.9 Å². The first-order valence-corrected chi connectivity index (χ1v) is 5.40. The quantitative estimate of drug-likeness (QED) is 0.639. The summed E-state index contributed by atoms with van der Waals surface area (Å²) >= 11 is 4.30. The summed E-state index contributed by atoms with van der Waals surface area (Å²) in [4.78, 5) is 12.2. The second-order valence-corrected chi connectivity index (χ2v) is 4.24. The van der Waals surface area contributed by atoms with E-state index in [0.717, 1.165) is 21.4 Å². The molecule has 0 saturated carbocycles. The minimum absolute atomic E-state index is 0.220. The Hall–Kier alpha value is -1.42. The van der Waals surface area contributed by atoms with Crippen molar-refractivity contribution in [3.8, 4) is 0 Å². The average molecular weight is 235 g/mol. The molecule has 1 aromatic carbocycles. The molecule has 0 aliphatic heterocycles. The number of fused-ring (bicyclic) bond motifs is 1. The highest BCUT2D eigenvalue weighted by Crippen LogP contribution is 2.23. The number of nitrogens with zero attached hydrogens (tertiary/aromatic N) is 1. The molecule has 2 aromatic rings. The zero-order valence-electron chi connectivity index (χ0n) is 9.23. The van der Waals surface area contributed by atoms with Crippen LogP contribution in [0.1, 0.15) is 5.56 Å². The van der Waals surface area contributed by atoms with E-state index in [1.54, 1.807) is 0 Å². The first-order chi connectivity index (χ1) is 7.61. The molecule has 0 radical (unpaired) electrons. The summed E-state index contributed by atoms with van der Waals surface area (Å²) in [5.74, 6) is -0.220. The molecule has 0 aliphatic carbocycles. The van der Waals surface area contributed by atoms with Crippen molar-refractivity contribution in [2.24, 2.45) is 7.05 Å². The van der Waals surface area contributed by atoms with Crippen LogP contribution >= 0.6 is 12.6 Å². The van der Waals surface area contributed by atoms with Crippen molar-refractivity contribution >= 4 is 29.5 Å². The third-order valence-corrected chi connectivity index (χ3v) is 2.90. The van der Waals surface area contributed by atoms with Crippen LogP contribution in [0, 0.1) is 0 Å². The largest absolute Gasteiger partial charge is 0.469 e. The van der Waals surface area contributed by atoms with E-state index in [0.29, 0.717) is 6.42 Å². The first-order valence-electron chi connectivity index (χ1n) is 4.95. The lowest BCUT2D eigenvalue weighted by Crippen LogP contribution is -2.03. The smallest absolute Gasteiger partial charge is 0.310 e. The van der Waals surface area contributed by atoms with E-state index < -0.39 is 0 Å². The lowest BCUT2D eigenvalue weighted by atomic mass is 10.1. The van der Waals surface area contributed by atoms with Gasteiger partial charge >= 0.3 is 5.97 Å². The van der Waals surface area contributed by atoms with Crippen LogP contribution in [0.15, 0.2) is 29.3 Å². The maximum atomic E-state index is 11.3. The highest BCUT2D eigenvalue weighted by atomic mass is 32.1. The molecule has 0 bridgehead atoms. The number of rotatable bonds is 2. The van der Waals surface area contributed by atoms with E-state index in [9.17, 15) is 4.79 Å². The van der Waals surface area contributed by atoms with E-state index in [2.05, 4.69) is 17.4 Å². The van der Waals surface area contributed by atoms with Crippen molar-refractivity contribution in [2.75, 3.05) is 7.11 Å². The fourth-order valence-corrected chi connectivity index (χ4v) is 2.02. The number of aromatic nitrogens is 1. The Morgan fingerprint density at radius 3 is 2.94 bits per heavy atom. The number of methoxy groups -OCH3 is 1. The van der Waals surface area contributed by atoms with E-state index in [1.807, 2.05) is 36.0 Å². The number of aryl methyl sites for hydroxylation is 1. The Balaban J connectivity index is 2.51. The SMILES string of the molecule is COC(=O)Cc1cn(C)c2cc(S)ccc12. The third-order valence-electron chi connectivity index (χ3n) is 2.62. The Morgan fingerprint density at radius 2 is 2.25 bits per heavy atom. The van der Waals surface area contributed by atoms with Gasteiger partial charge in [-0.15, -0.1) is 12.6 Å². The molecule has 0 unspecified atom stereocenters. The second kappa shape index (κ2) is 4.22. The Kier molecular flexibility index (Phi) is 2.92. The topological polar surface area (TPSA) is 31.2 Å². The first kappa shape index (κ1) is 11.1. The molecule has 84 valence electrons. The fraction of sp³-hybridized carbons (Fsp3) is 0.250. The minimum atomic E-state index is -0.220. The van der Waals surface area contributed by atoms with Crippen LogP contribution in [0.3, 0.4) is 0 Å². The predicted octanol–water partition coefficient (Wildman–Crippen LogP) is 2.18. The van der Waals surface area contributed by atoms with E-state index in [4.69, 9.17) is 0 Å². The van der Waals surface area contributed by atoms with Gasteiger partial charge < -0.3 is 9.30 Å². The molecule has 1 heterocycles. The number of hydrogen-bond donors (Lipinski definition) is 1. The van der Waals surface area contributed by atoms with Crippen molar-refractivity contribution in [1.82, 2.24) is 4.57 Å². The molecule has 16 heavy (non-hydrogen) atoms. The highest BCUT2D eigenvalue weighted by molar-refractivity contribution is 7.80. The van der Waals surface area contributed by atoms with Gasteiger partial charge in [0, 0.05) is 29.0 Å². The van der Waals surface area contributed by atoms with Crippen molar-refractivity contribution in [3.63, 3.8) is 0 Å². The van der Waals surface area contributed by atoms with Gasteiger partial charge in [-0.05, 0) is 17.7 Å². The predicted molar refractivity (Wildman–Crippen MR) is 65.9 cm³/mol. The van der Waals surface area contributed by atoms with Gasteiger partial charge in [0.15, 0.2) is 0 Å². The third kappa shape index (κ3) is 1.93. The summed E-state index contributed by atoms with van der Waals surface area (Å²) in [5, 5.41) is 1.07. The second-order valence-electron chi connectivity index (χ2n) is 3.72. The van der Waals surface area contributed by atoms with Crippen molar-refractivity contribution in [1.29, 1.82) is 0 Å². The standard InChI is InChI=1S/C12H13NO2S/c1-13-7-8(5-12(14)15-2)10-4-3-9(16)6-11(10)13/h3-4,6-7,16H,5H2,1-2H3. The molecular formula is C12H13NO2S. The lowest BCUT2D eigenvalue weighted by molar-refractivity contribution is -0.139. The molecule has 0 spiro atoms. The van der Waals surface area contributed by atoms with Gasteiger partial charge in [-0.2, -0.15) is 0 Å². The van der Waals surface area contributed by atoms with Gasteiger partial charge in [-0.25, -0.2) is 0 Å². The van der Waals surface area contributed by atoms with E-state index >= 15 is 0 Å². The van der Waals surface area contributed by atoms with E-state index in [1.165, 1.54) is 7.11 Å². The van der Waals surface area contributed by atoms with Gasteiger partial charge in [0.05, 0.1) is 13.5 Å². The maximum Gasteiger partial charge on any atom is 0.310 e. The zero-order chi connectivity index (χ0) is 11.7. The number of ether oxygens (including phenoxy) is 1. The summed E-state index contributed by atoms with van der Waals surface area (Å²) in [5.41, 5.74) is 2.06. The average Bonchev–Trinajstić information content (AvgIpc) is 2.55. The van der Waals surface area contributed by atoms with Crippen molar-refractivity contribution in [3.05, 3.63) is 30.0 Å². The van der Waals surface area contributed by atoms with Gasteiger partial charge in [0.25, 0.3) is 0 Å². The van der Waals surface area contributed by atoms with Gasteiger partial charge in [0.1, 0.15) is 0 Å². The number of esters is 1. The number of benzene rings is 1. The normalized spacial score (nSPS) is 10.7. The molecule has 2 rings (SSSR count). The summed E-state index contributed by atoms with van der Waals surface area (Å²) in [7, 11) is 3.36. The van der Waals surface area contributed by atoms with E-state index in [-0.39, 0.29) is 5.97 Å². The van der Waals surface area contributed by atoms with Gasteiger partial charge in [-0.3, -0.25) is 4.79 Å². The minimum Gasteiger partial charge on any atom is -0.469 e. The van der Waals surface area contributed by atoms with Crippen molar-refractivity contribution in [2.45, 2.75) is 11.3 Å². The van der Waals surface area contributed by atoms with Crippen molar-refractivity contribution < 1.29 is 9.53 Å². The molecule has 0 aliphatic rings. The van der Waals surface area contributed by atoms with Crippen LogP contribution in [-0.2, 0) is 23.0 Å².